The Balaban J connectivity index is 2.04. The number of hydrazine groups is 1. The highest BCUT2D eigenvalue weighted by Crippen LogP contribution is 2.17. The minimum absolute atomic E-state index is 0.0239. The van der Waals surface area contributed by atoms with E-state index in [2.05, 4.69) is 25.3 Å². The van der Waals surface area contributed by atoms with Gasteiger partial charge in [-0.2, -0.15) is 4.98 Å². The third kappa shape index (κ3) is 3.29. The van der Waals surface area contributed by atoms with Crippen LogP contribution in [0.1, 0.15) is 11.7 Å². The lowest BCUT2D eigenvalue weighted by atomic mass is 10.4. The van der Waals surface area contributed by atoms with E-state index >= 15 is 0 Å². The van der Waals surface area contributed by atoms with Gasteiger partial charge in [0.05, 0.1) is 5.69 Å². The number of nitrogen functional groups attached to an aromatic ring is 1. The van der Waals surface area contributed by atoms with Gasteiger partial charge in [-0.15, -0.1) is 0 Å². The van der Waals surface area contributed by atoms with Crippen LogP contribution in [0.2, 0.25) is 0 Å². The maximum absolute atomic E-state index is 12.1. The fourth-order valence-electron chi connectivity index (χ4n) is 1.53. The number of sulfonamides is 1. The molecule has 4 N–H and O–H groups in total. The van der Waals surface area contributed by atoms with Gasteiger partial charge in [0.25, 0.3) is 0 Å². The van der Waals surface area contributed by atoms with Crippen molar-refractivity contribution in [2.45, 2.75) is 18.2 Å². The molecule has 0 amide bonds. The molecular formula is C10H14N6O3S. The lowest BCUT2D eigenvalue weighted by molar-refractivity contribution is 0.375. The number of pyridine rings is 1. The molecule has 0 aromatic carbocycles. The van der Waals surface area contributed by atoms with Gasteiger partial charge in [0.2, 0.25) is 15.9 Å². The second-order valence-corrected chi connectivity index (χ2v) is 5.63. The first-order chi connectivity index (χ1) is 9.53. The standard InChI is InChI=1S/C10H14N6O3S/c1-7-14-10(19-16-7)3-5-13-20(17,18)9-6-12-4-2-8(9)15-11/h2,4,6,13H,3,5,11H2,1H3,(H,12,15). The molecule has 2 aromatic rings. The molecular weight excluding hydrogens is 284 g/mol. The van der Waals surface area contributed by atoms with Crippen LogP contribution in [0.15, 0.2) is 27.9 Å². The average Bonchev–Trinajstić information content (AvgIpc) is 2.84. The van der Waals surface area contributed by atoms with Crippen LogP contribution in [-0.4, -0.2) is 30.1 Å². The monoisotopic (exact) mass is 298 g/mol. The molecule has 10 heteroatoms. The fraction of sp³-hybridized carbons (Fsp3) is 0.300. The van der Waals surface area contributed by atoms with Crippen molar-refractivity contribution >= 4 is 15.7 Å². The number of nitrogens with two attached hydrogens (primary N) is 1. The number of aromatic nitrogens is 3. The molecule has 0 aliphatic rings. The zero-order valence-corrected chi connectivity index (χ0v) is 11.5. The summed E-state index contributed by atoms with van der Waals surface area (Å²) in [5.74, 6) is 6.14. The van der Waals surface area contributed by atoms with Crippen molar-refractivity contribution in [2.75, 3.05) is 12.0 Å². The lowest BCUT2D eigenvalue weighted by Crippen LogP contribution is -2.27. The van der Waals surface area contributed by atoms with E-state index in [9.17, 15) is 8.42 Å². The summed E-state index contributed by atoms with van der Waals surface area (Å²) in [5, 5.41) is 3.62. The minimum atomic E-state index is -3.71. The van der Waals surface area contributed by atoms with Crippen LogP contribution in [0.5, 0.6) is 0 Å². The van der Waals surface area contributed by atoms with Gasteiger partial charge in [-0.3, -0.25) is 10.8 Å². The summed E-state index contributed by atoms with van der Waals surface area (Å²) >= 11 is 0. The SMILES string of the molecule is Cc1noc(CCNS(=O)(=O)c2cnccc2NN)n1. The molecule has 9 nitrogen and oxygen atoms in total. The van der Waals surface area contributed by atoms with Gasteiger partial charge < -0.3 is 9.95 Å². The molecule has 0 fully saturated rings. The third-order valence-corrected chi connectivity index (χ3v) is 3.92. The Hall–Kier alpha value is -2.04. The smallest absolute Gasteiger partial charge is 0.244 e. The van der Waals surface area contributed by atoms with E-state index < -0.39 is 10.0 Å². The largest absolute Gasteiger partial charge is 0.339 e. The van der Waals surface area contributed by atoms with Gasteiger partial charge in [0.1, 0.15) is 4.90 Å². The number of nitrogens with one attached hydrogen (secondary N) is 2. The Bertz CT molecular complexity index is 684. The number of rotatable bonds is 6. The highest BCUT2D eigenvalue weighted by Gasteiger charge is 2.18. The Kier molecular flexibility index (Phi) is 4.27. The molecule has 0 radical (unpaired) electrons. The molecule has 20 heavy (non-hydrogen) atoms. The van der Waals surface area contributed by atoms with Crippen LogP contribution in [0.25, 0.3) is 0 Å². The van der Waals surface area contributed by atoms with Crippen LogP contribution in [0.4, 0.5) is 5.69 Å². The van der Waals surface area contributed by atoms with Crippen LogP contribution >= 0.6 is 0 Å². The van der Waals surface area contributed by atoms with Gasteiger partial charge in [-0.25, -0.2) is 13.1 Å². The van der Waals surface area contributed by atoms with Crippen molar-refractivity contribution in [3.05, 3.63) is 30.2 Å². The number of aryl methyl sites for hydroxylation is 1. The second kappa shape index (κ2) is 5.94. The van der Waals surface area contributed by atoms with Gasteiger partial charge >= 0.3 is 0 Å². The highest BCUT2D eigenvalue weighted by molar-refractivity contribution is 7.89. The van der Waals surface area contributed by atoms with Crippen molar-refractivity contribution < 1.29 is 12.9 Å². The Morgan fingerprint density at radius 3 is 2.90 bits per heavy atom. The second-order valence-electron chi connectivity index (χ2n) is 3.90. The summed E-state index contributed by atoms with van der Waals surface area (Å²) in [6.45, 7) is 1.81. The summed E-state index contributed by atoms with van der Waals surface area (Å²) in [5.41, 5.74) is 2.58. The Labute approximate surface area is 115 Å². The lowest BCUT2D eigenvalue weighted by Gasteiger charge is -2.09. The van der Waals surface area contributed by atoms with Crippen molar-refractivity contribution in [3.63, 3.8) is 0 Å². The van der Waals surface area contributed by atoms with Crippen LogP contribution in [-0.2, 0) is 16.4 Å². The summed E-state index contributed by atoms with van der Waals surface area (Å²) in [7, 11) is -3.71. The van der Waals surface area contributed by atoms with Crippen molar-refractivity contribution in [3.8, 4) is 0 Å². The number of nitrogens with zero attached hydrogens (tertiary/aromatic N) is 3. The van der Waals surface area contributed by atoms with Crippen LogP contribution in [0.3, 0.4) is 0 Å². The summed E-state index contributed by atoms with van der Waals surface area (Å²) in [4.78, 5) is 7.73. The quantitative estimate of drug-likeness (QED) is 0.483. The van der Waals surface area contributed by atoms with E-state index in [0.717, 1.165) is 0 Å². The number of hydrogen-bond acceptors (Lipinski definition) is 8. The van der Waals surface area contributed by atoms with Gasteiger partial charge in [-0.05, 0) is 13.0 Å². The summed E-state index contributed by atoms with van der Waals surface area (Å²) in [6.07, 6.45) is 2.95. The van der Waals surface area contributed by atoms with Crippen LogP contribution < -0.4 is 16.0 Å². The van der Waals surface area contributed by atoms with E-state index in [-0.39, 0.29) is 17.1 Å². The zero-order valence-electron chi connectivity index (χ0n) is 10.7. The first-order valence-electron chi connectivity index (χ1n) is 5.72. The molecule has 108 valence electrons. The highest BCUT2D eigenvalue weighted by atomic mass is 32.2. The molecule has 0 saturated heterocycles. The predicted octanol–water partition coefficient (Wildman–Crippen LogP) is -0.420. The van der Waals surface area contributed by atoms with Crippen LogP contribution in [0, 0.1) is 6.92 Å². The van der Waals surface area contributed by atoms with Gasteiger partial charge in [0, 0.05) is 25.4 Å². The van der Waals surface area contributed by atoms with Gasteiger partial charge in [0.15, 0.2) is 5.82 Å². The topological polar surface area (TPSA) is 136 Å². The number of anilines is 1. The van der Waals surface area contributed by atoms with E-state index in [1.165, 1.54) is 18.5 Å². The molecule has 0 atom stereocenters. The molecule has 0 aliphatic carbocycles. The summed E-state index contributed by atoms with van der Waals surface area (Å²) < 4.78 is 31.5. The van der Waals surface area contributed by atoms with Crippen molar-refractivity contribution in [2.24, 2.45) is 5.84 Å². The third-order valence-electron chi connectivity index (χ3n) is 2.43. The van der Waals surface area contributed by atoms with E-state index in [4.69, 9.17) is 10.4 Å². The maximum atomic E-state index is 12.1. The molecule has 0 unspecified atom stereocenters. The molecule has 0 spiro atoms. The number of hydrogen-bond donors (Lipinski definition) is 3. The van der Waals surface area contributed by atoms with E-state index in [0.29, 0.717) is 18.1 Å². The van der Waals surface area contributed by atoms with Gasteiger partial charge in [-0.1, -0.05) is 5.16 Å². The molecule has 0 bridgehead atoms. The first kappa shape index (κ1) is 14.4. The fourth-order valence-corrected chi connectivity index (χ4v) is 2.67. The maximum Gasteiger partial charge on any atom is 0.244 e. The summed E-state index contributed by atoms with van der Waals surface area (Å²) in [6, 6.07) is 1.47. The molecule has 2 aromatic heterocycles. The molecule has 0 saturated carbocycles. The van der Waals surface area contributed by atoms with Crippen molar-refractivity contribution in [1.29, 1.82) is 0 Å². The Morgan fingerprint density at radius 1 is 1.45 bits per heavy atom. The zero-order chi connectivity index (χ0) is 14.6. The predicted molar refractivity (Wildman–Crippen MR) is 70.0 cm³/mol. The average molecular weight is 298 g/mol. The minimum Gasteiger partial charge on any atom is -0.339 e. The molecule has 2 heterocycles. The molecule has 2 rings (SSSR count). The van der Waals surface area contributed by atoms with Crippen molar-refractivity contribution in [1.82, 2.24) is 19.8 Å². The van der Waals surface area contributed by atoms with E-state index in [1.807, 2.05) is 0 Å². The first-order valence-corrected chi connectivity index (χ1v) is 7.21. The Morgan fingerprint density at radius 2 is 2.25 bits per heavy atom. The van der Waals surface area contributed by atoms with E-state index in [1.54, 1.807) is 6.92 Å². The molecule has 0 aliphatic heterocycles. The normalized spacial score (nSPS) is 11.5.